The molecule has 2 aromatic carbocycles. The highest BCUT2D eigenvalue weighted by Gasteiger charge is 2.35. The van der Waals surface area contributed by atoms with Crippen LogP contribution in [0.25, 0.3) is 22.1 Å². The van der Waals surface area contributed by atoms with Gasteiger partial charge in [0.2, 0.25) is 23.7 Å². The zero-order valence-electron chi connectivity index (χ0n) is 40.0. The van der Waals surface area contributed by atoms with Crippen molar-refractivity contribution in [3.05, 3.63) is 70.3 Å². The summed E-state index contributed by atoms with van der Waals surface area (Å²) in [6, 6.07) is 10.1. The number of ether oxygens (including phenoxy) is 4. The fraction of sp³-hybridized carbons (Fsp3) is 0.500. The summed E-state index contributed by atoms with van der Waals surface area (Å²) in [5.74, 6) is -0.132. The van der Waals surface area contributed by atoms with E-state index in [1.807, 2.05) is 43.8 Å². The molecule has 362 valence electrons. The minimum absolute atomic E-state index is 0.0358. The van der Waals surface area contributed by atoms with E-state index in [9.17, 15) is 19.2 Å². The second-order valence-electron chi connectivity index (χ2n) is 18.1. The van der Waals surface area contributed by atoms with Crippen LogP contribution in [-0.2, 0) is 42.1 Å². The van der Waals surface area contributed by atoms with Gasteiger partial charge in [-0.25, -0.2) is 9.97 Å². The van der Waals surface area contributed by atoms with Gasteiger partial charge in [-0.2, -0.15) is 10.2 Å². The predicted octanol–water partition coefficient (Wildman–Crippen LogP) is 5.51. The van der Waals surface area contributed by atoms with Crippen molar-refractivity contribution < 1.29 is 38.1 Å². The number of hydrogen-bond acceptors (Lipinski definition) is 12. The van der Waals surface area contributed by atoms with Crippen LogP contribution in [0.4, 0.5) is 11.9 Å². The van der Waals surface area contributed by atoms with Gasteiger partial charge >= 0.3 is 0 Å². The summed E-state index contributed by atoms with van der Waals surface area (Å²) < 4.78 is 31.4. The number of fused-ring (bicyclic) bond motifs is 2. The zero-order chi connectivity index (χ0) is 48.4. The Morgan fingerprint density at radius 3 is 2.03 bits per heavy atom. The lowest BCUT2D eigenvalue weighted by Gasteiger charge is -2.37. The van der Waals surface area contributed by atoms with Crippen LogP contribution in [0, 0.1) is 18.3 Å². The number of carbonyl (C=O) groups is 4. The lowest BCUT2D eigenvalue weighted by atomic mass is 9.85. The van der Waals surface area contributed by atoms with Crippen molar-refractivity contribution in [3.63, 3.8) is 0 Å². The van der Waals surface area contributed by atoms with E-state index in [2.05, 4.69) is 17.3 Å². The molecule has 0 spiro atoms. The summed E-state index contributed by atoms with van der Waals surface area (Å²) in [5.41, 5.74) is 16.6. The number of carbonyl (C=O) groups excluding carboxylic acids is 4. The number of hydrogen-bond donors (Lipinski definition) is 3. The van der Waals surface area contributed by atoms with E-state index in [1.165, 1.54) is 4.90 Å². The minimum Gasteiger partial charge on any atom is -0.491 e. The van der Waals surface area contributed by atoms with Crippen LogP contribution < -0.4 is 31.2 Å². The fourth-order valence-corrected chi connectivity index (χ4v) is 8.95. The topological polar surface area (TPSA) is 244 Å². The van der Waals surface area contributed by atoms with Crippen LogP contribution in [0.15, 0.2) is 36.4 Å². The van der Waals surface area contributed by atoms with Crippen molar-refractivity contribution >= 4 is 57.6 Å². The first kappa shape index (κ1) is 47.7. The first-order valence-corrected chi connectivity index (χ1v) is 23.5. The lowest BCUT2D eigenvalue weighted by Crippen LogP contribution is -2.42. The Balaban J connectivity index is 0.965. The predicted molar refractivity (Wildman–Crippen MR) is 254 cm³/mol. The molecule has 0 aliphatic carbocycles. The maximum atomic E-state index is 14.1. The van der Waals surface area contributed by atoms with Crippen LogP contribution in [0.2, 0.25) is 0 Å². The first-order chi connectivity index (χ1) is 32.6. The van der Waals surface area contributed by atoms with Crippen molar-refractivity contribution in [3.8, 4) is 11.5 Å². The van der Waals surface area contributed by atoms with Crippen LogP contribution in [0.1, 0.15) is 113 Å². The molecule has 0 radical (unpaired) electrons. The number of nitrogens with two attached hydrogens (primary N) is 2. The summed E-state index contributed by atoms with van der Waals surface area (Å²) in [4.78, 5) is 63.9. The van der Waals surface area contributed by atoms with Crippen molar-refractivity contribution in [1.82, 2.24) is 38.7 Å². The highest BCUT2D eigenvalue weighted by atomic mass is 16.5. The van der Waals surface area contributed by atoms with Crippen LogP contribution >= 0.6 is 0 Å². The highest BCUT2D eigenvalue weighted by molar-refractivity contribution is 6.06. The monoisotopic (exact) mass is 934 g/mol. The van der Waals surface area contributed by atoms with Gasteiger partial charge in [0, 0.05) is 62.1 Å². The standard InChI is InChI=1S/C48H62N12O8/c1-8-14-57-40-33(19-30(42(49)61)21-38(40)67-17-13-48(6)26-65-27-48)51-46(57)53-44(63)35-23-32(55-59(35)10-3)24-37-29(25-68-37)12-16-66-39-22-31(43(50)62)20-34-41(39)58(15-9-2)47(52-34)56(7)45(64)36-18-28(5)54-60(36)11-4/h18-23,29,37H,8-17,24-27H2,1-7H3,(H2,49,61)(H2,50,62)(H,51,53,63). The molecule has 0 bridgehead atoms. The van der Waals surface area contributed by atoms with Crippen LogP contribution in [0.5, 0.6) is 11.5 Å². The molecule has 4 amide bonds. The third-order valence-corrected chi connectivity index (χ3v) is 12.7. The van der Waals surface area contributed by atoms with E-state index < -0.39 is 11.8 Å². The van der Waals surface area contributed by atoms with Crippen molar-refractivity contribution in [2.24, 2.45) is 22.8 Å². The van der Waals surface area contributed by atoms with Crippen molar-refractivity contribution in [1.29, 1.82) is 0 Å². The molecule has 6 aromatic rings. The third kappa shape index (κ3) is 9.51. The number of anilines is 2. The summed E-state index contributed by atoms with van der Waals surface area (Å²) in [7, 11) is 1.68. The van der Waals surface area contributed by atoms with Gasteiger partial charge in [-0.3, -0.25) is 38.8 Å². The van der Waals surface area contributed by atoms with E-state index in [4.69, 9.17) is 45.5 Å². The van der Waals surface area contributed by atoms with Crippen molar-refractivity contribution in [2.75, 3.05) is 50.3 Å². The molecule has 6 heterocycles. The molecule has 4 aromatic heterocycles. The first-order valence-electron chi connectivity index (χ1n) is 23.5. The molecule has 68 heavy (non-hydrogen) atoms. The van der Waals surface area contributed by atoms with Gasteiger partial charge in [0.1, 0.15) is 33.9 Å². The Hall–Kier alpha value is -6.80. The molecule has 2 saturated heterocycles. The average molecular weight is 935 g/mol. The second-order valence-corrected chi connectivity index (χ2v) is 18.1. The number of primary amides is 2. The molecule has 20 nitrogen and oxygen atoms in total. The van der Waals surface area contributed by atoms with Gasteiger partial charge in [0.25, 0.3) is 11.8 Å². The number of rotatable bonds is 22. The third-order valence-electron chi connectivity index (χ3n) is 12.7. The van der Waals surface area contributed by atoms with Gasteiger partial charge in [-0.05, 0) is 82.9 Å². The molecular weight excluding hydrogens is 873 g/mol. The molecule has 8 rings (SSSR count). The van der Waals surface area contributed by atoms with Gasteiger partial charge in [-0.15, -0.1) is 0 Å². The number of nitrogens with zero attached hydrogens (tertiary/aromatic N) is 9. The quantitative estimate of drug-likeness (QED) is 0.0764. The Labute approximate surface area is 394 Å². The second kappa shape index (κ2) is 19.8. The Morgan fingerprint density at radius 2 is 1.44 bits per heavy atom. The van der Waals surface area contributed by atoms with Crippen LogP contribution in [-0.4, -0.2) is 108 Å². The molecular formula is C48H62N12O8. The molecule has 2 aliphatic rings. The van der Waals surface area contributed by atoms with E-state index >= 15 is 0 Å². The largest absolute Gasteiger partial charge is 0.491 e. The molecule has 0 saturated carbocycles. The number of amides is 4. The summed E-state index contributed by atoms with van der Waals surface area (Å²) >= 11 is 0. The summed E-state index contributed by atoms with van der Waals surface area (Å²) in [5, 5.41) is 12.3. The van der Waals surface area contributed by atoms with Gasteiger partial charge < -0.3 is 39.5 Å². The fourth-order valence-electron chi connectivity index (χ4n) is 8.95. The zero-order valence-corrected chi connectivity index (χ0v) is 40.0. The number of imidazole rings is 2. The van der Waals surface area contributed by atoms with E-state index in [1.54, 1.807) is 52.8 Å². The Morgan fingerprint density at radius 1 is 0.824 bits per heavy atom. The van der Waals surface area contributed by atoms with Crippen LogP contribution in [0.3, 0.4) is 0 Å². The minimum atomic E-state index is -0.625. The number of nitrogens with one attached hydrogen (secondary N) is 1. The van der Waals surface area contributed by atoms with Gasteiger partial charge in [-0.1, -0.05) is 20.8 Å². The molecule has 20 heteroatoms. The van der Waals surface area contributed by atoms with E-state index in [0.717, 1.165) is 25.0 Å². The smallest absolute Gasteiger partial charge is 0.278 e. The highest BCUT2D eigenvalue weighted by Crippen LogP contribution is 2.36. The number of aryl methyl sites for hydroxylation is 5. The molecule has 5 N–H and O–H groups in total. The normalized spacial score (nSPS) is 16.4. The maximum absolute atomic E-state index is 14.1. The molecule has 2 aliphatic heterocycles. The number of aromatic nitrogens is 8. The number of benzene rings is 2. The van der Waals surface area contributed by atoms with Gasteiger partial charge in [0.05, 0.1) is 61.6 Å². The molecule has 2 fully saturated rings. The summed E-state index contributed by atoms with van der Waals surface area (Å²) in [6.45, 7) is 16.5. The summed E-state index contributed by atoms with van der Waals surface area (Å²) in [6.07, 6.45) is 3.19. The molecule has 2 unspecified atom stereocenters. The molecule has 2 atom stereocenters. The van der Waals surface area contributed by atoms with E-state index in [-0.39, 0.29) is 40.4 Å². The van der Waals surface area contributed by atoms with Crippen molar-refractivity contribution in [2.45, 2.75) is 106 Å². The Bertz CT molecular complexity index is 2870. The Kier molecular flexibility index (Phi) is 13.9. The SMILES string of the molecule is CCCn1c(NC(=O)c2cc(CC3OCC3CCOc3cc(C(N)=O)cc4nc(N(C)C(=O)c5cc(C)nn5CC)n(CCC)c34)nn2CC)nc2cc(C(N)=O)cc(OCCC3(C)COC3)c21. The lowest BCUT2D eigenvalue weighted by molar-refractivity contribution is -0.119. The van der Waals surface area contributed by atoms with Gasteiger partial charge in [0.15, 0.2) is 0 Å². The average Bonchev–Trinajstić information content (AvgIpc) is 4.08. The maximum Gasteiger partial charge on any atom is 0.278 e. The van der Waals surface area contributed by atoms with E-state index in [0.29, 0.717) is 135 Å².